The Labute approximate surface area is 135 Å². The normalized spacial score (nSPS) is 16.8. The summed E-state index contributed by atoms with van der Waals surface area (Å²) in [6, 6.07) is 4.71. The van der Waals surface area contributed by atoms with Gasteiger partial charge < -0.3 is 4.74 Å². The Balaban J connectivity index is 1.73. The van der Waals surface area contributed by atoms with Crippen molar-refractivity contribution in [3.63, 3.8) is 0 Å². The van der Waals surface area contributed by atoms with Gasteiger partial charge >= 0.3 is 6.36 Å². The van der Waals surface area contributed by atoms with Crippen molar-refractivity contribution in [2.75, 3.05) is 13.1 Å². The van der Waals surface area contributed by atoms with Gasteiger partial charge in [-0.1, -0.05) is 12.1 Å². The molecule has 1 aromatic heterocycles. The minimum Gasteiger partial charge on any atom is -0.404 e. The Morgan fingerprint density at radius 1 is 1.25 bits per heavy atom. The summed E-state index contributed by atoms with van der Waals surface area (Å²) in [6.07, 6.45) is -2.07. The summed E-state index contributed by atoms with van der Waals surface area (Å²) in [5.74, 6) is -0.707. The maximum absolute atomic E-state index is 12.5. The lowest BCUT2D eigenvalue weighted by atomic mass is 10.0. The number of sulfonamides is 1. The monoisotopic (exact) mass is 362 g/mol. The summed E-state index contributed by atoms with van der Waals surface area (Å²) in [7, 11) is -4.05. The first-order valence-electron chi connectivity index (χ1n) is 6.93. The Kier molecular flexibility index (Phi) is 4.22. The van der Waals surface area contributed by atoms with E-state index in [0.717, 1.165) is 16.4 Å². The minimum absolute atomic E-state index is 0.0252. The highest BCUT2D eigenvalue weighted by Gasteiger charge is 2.40. The van der Waals surface area contributed by atoms with Gasteiger partial charge in [0, 0.05) is 25.6 Å². The molecule has 0 N–H and O–H groups in total. The average molecular weight is 362 g/mol. The molecule has 2 aromatic rings. The highest BCUT2D eigenvalue weighted by molar-refractivity contribution is 7.89. The molecule has 0 saturated carbocycles. The van der Waals surface area contributed by atoms with Crippen LogP contribution < -0.4 is 4.74 Å². The molecule has 1 aliphatic rings. The number of halogens is 3. The molecule has 0 atom stereocenters. The fourth-order valence-electron chi connectivity index (χ4n) is 2.44. The van der Waals surface area contributed by atoms with Gasteiger partial charge in [0.05, 0.1) is 0 Å². The van der Waals surface area contributed by atoms with Gasteiger partial charge in [0.25, 0.3) is 0 Å². The molecule has 0 spiro atoms. The zero-order valence-corrected chi connectivity index (χ0v) is 13.0. The molecule has 0 unspecified atom stereocenters. The second kappa shape index (κ2) is 6.06. The summed E-state index contributed by atoms with van der Waals surface area (Å²) >= 11 is 0. The van der Waals surface area contributed by atoms with E-state index >= 15 is 0 Å². The number of benzene rings is 1. The van der Waals surface area contributed by atoms with Crippen LogP contribution in [0.2, 0.25) is 0 Å². The van der Waals surface area contributed by atoms with Gasteiger partial charge in [-0.3, -0.25) is 4.68 Å². The van der Waals surface area contributed by atoms with E-state index in [1.807, 2.05) is 0 Å². The largest absolute Gasteiger partial charge is 0.573 e. The van der Waals surface area contributed by atoms with Gasteiger partial charge in [-0.2, -0.15) is 9.40 Å². The molecule has 1 saturated heterocycles. The Bertz CT molecular complexity index is 802. The first-order valence-corrected chi connectivity index (χ1v) is 8.37. The molecule has 24 heavy (non-hydrogen) atoms. The Hall–Kier alpha value is -2.14. The fourth-order valence-corrected chi connectivity index (χ4v) is 4.14. The average Bonchev–Trinajstić information content (AvgIpc) is 2.93. The van der Waals surface area contributed by atoms with Crippen molar-refractivity contribution in [2.45, 2.75) is 17.8 Å². The zero-order chi connectivity index (χ0) is 17.4. The molecule has 7 nitrogen and oxygen atoms in total. The van der Waals surface area contributed by atoms with Crippen LogP contribution in [0.25, 0.3) is 0 Å². The molecule has 0 amide bonds. The Morgan fingerprint density at radius 3 is 2.58 bits per heavy atom. The van der Waals surface area contributed by atoms with Crippen LogP contribution in [0.3, 0.4) is 0 Å². The maximum Gasteiger partial charge on any atom is 0.573 e. The topological polar surface area (TPSA) is 77.3 Å². The molecule has 1 aliphatic heterocycles. The summed E-state index contributed by atoms with van der Waals surface area (Å²) in [4.78, 5) is 3.29. The van der Waals surface area contributed by atoms with E-state index in [2.05, 4.69) is 14.8 Å². The van der Waals surface area contributed by atoms with Crippen LogP contribution in [0, 0.1) is 5.92 Å². The highest BCUT2D eigenvalue weighted by atomic mass is 32.2. The van der Waals surface area contributed by atoms with Crippen LogP contribution in [0.15, 0.2) is 41.8 Å². The second-order valence-corrected chi connectivity index (χ2v) is 7.21. The lowest BCUT2D eigenvalue weighted by molar-refractivity contribution is -0.275. The van der Waals surface area contributed by atoms with Crippen molar-refractivity contribution >= 4 is 10.0 Å². The van der Waals surface area contributed by atoms with Crippen molar-refractivity contribution in [3.8, 4) is 5.75 Å². The van der Waals surface area contributed by atoms with Gasteiger partial charge in [-0.25, -0.2) is 13.4 Å². The van der Waals surface area contributed by atoms with E-state index < -0.39 is 27.0 Å². The molecule has 2 heterocycles. The molecule has 1 aromatic carbocycles. The molecular weight excluding hydrogens is 349 g/mol. The quantitative estimate of drug-likeness (QED) is 0.806. The smallest absolute Gasteiger partial charge is 0.404 e. The third-order valence-electron chi connectivity index (χ3n) is 3.53. The van der Waals surface area contributed by atoms with Crippen molar-refractivity contribution in [3.05, 3.63) is 36.9 Å². The standard InChI is InChI=1S/C13H13F3N4O3S/c14-13(15,16)23-11-3-1-2-4-12(11)24(21,22)20-6-10(7-20)5-19-9-17-8-18-19/h1-4,8-10H,5-7H2. The van der Waals surface area contributed by atoms with Gasteiger partial charge in [-0.05, 0) is 12.1 Å². The van der Waals surface area contributed by atoms with Crippen LogP contribution in [0.5, 0.6) is 5.75 Å². The SMILES string of the molecule is O=S(=O)(c1ccccc1OC(F)(F)F)N1CC(Cn2cncn2)C1. The van der Waals surface area contributed by atoms with E-state index in [1.54, 1.807) is 4.68 Å². The van der Waals surface area contributed by atoms with Crippen LogP contribution in [-0.4, -0.2) is 46.9 Å². The molecule has 1 fully saturated rings. The number of aromatic nitrogens is 3. The molecule has 0 radical (unpaired) electrons. The third-order valence-corrected chi connectivity index (χ3v) is 5.40. The van der Waals surface area contributed by atoms with Crippen molar-refractivity contribution < 1.29 is 26.3 Å². The van der Waals surface area contributed by atoms with Gasteiger partial charge in [0.15, 0.2) is 0 Å². The lowest BCUT2D eigenvalue weighted by Crippen LogP contribution is -2.51. The number of alkyl halides is 3. The van der Waals surface area contributed by atoms with Crippen LogP contribution >= 0.6 is 0 Å². The summed E-state index contributed by atoms with van der Waals surface area (Å²) in [5.41, 5.74) is 0. The van der Waals surface area contributed by atoms with E-state index in [9.17, 15) is 21.6 Å². The van der Waals surface area contributed by atoms with Crippen molar-refractivity contribution in [1.29, 1.82) is 0 Å². The number of hydrogen-bond donors (Lipinski definition) is 0. The molecular formula is C13H13F3N4O3S. The van der Waals surface area contributed by atoms with Crippen LogP contribution in [0.1, 0.15) is 0 Å². The third kappa shape index (κ3) is 3.51. The summed E-state index contributed by atoms with van der Waals surface area (Å²) in [5, 5.41) is 3.93. The number of ether oxygens (including phenoxy) is 1. The van der Waals surface area contributed by atoms with E-state index in [1.165, 1.54) is 24.8 Å². The first kappa shape index (κ1) is 16.7. The predicted molar refractivity (Wildman–Crippen MR) is 75.4 cm³/mol. The second-order valence-electron chi connectivity index (χ2n) is 5.30. The molecule has 0 aliphatic carbocycles. The fraction of sp³-hybridized carbons (Fsp3) is 0.385. The minimum atomic E-state index is -4.96. The zero-order valence-electron chi connectivity index (χ0n) is 12.2. The highest BCUT2D eigenvalue weighted by Crippen LogP contribution is 2.34. The Morgan fingerprint density at radius 2 is 1.96 bits per heavy atom. The first-order chi connectivity index (χ1) is 11.3. The molecule has 11 heteroatoms. The predicted octanol–water partition coefficient (Wildman–Crippen LogP) is 1.50. The van der Waals surface area contributed by atoms with Crippen LogP contribution in [-0.2, 0) is 16.6 Å². The summed E-state index contributed by atoms with van der Waals surface area (Å²) < 4.78 is 68.8. The van der Waals surface area contributed by atoms with Gasteiger partial charge in [0.2, 0.25) is 10.0 Å². The number of rotatable bonds is 5. The lowest BCUT2D eigenvalue weighted by Gasteiger charge is -2.38. The maximum atomic E-state index is 12.5. The molecule has 3 rings (SSSR count). The number of para-hydroxylation sites is 1. The van der Waals surface area contributed by atoms with Crippen LogP contribution in [0.4, 0.5) is 13.2 Å². The number of hydrogen-bond acceptors (Lipinski definition) is 5. The van der Waals surface area contributed by atoms with E-state index in [-0.39, 0.29) is 19.0 Å². The molecule has 0 bridgehead atoms. The van der Waals surface area contributed by atoms with Crippen molar-refractivity contribution in [2.24, 2.45) is 5.92 Å². The van der Waals surface area contributed by atoms with Crippen molar-refractivity contribution in [1.82, 2.24) is 19.1 Å². The van der Waals surface area contributed by atoms with E-state index in [0.29, 0.717) is 6.54 Å². The molecule has 130 valence electrons. The van der Waals surface area contributed by atoms with Gasteiger partial charge in [0.1, 0.15) is 23.3 Å². The summed E-state index contributed by atoms with van der Waals surface area (Å²) in [6.45, 7) is 0.887. The number of nitrogens with zero attached hydrogens (tertiary/aromatic N) is 4. The van der Waals surface area contributed by atoms with Gasteiger partial charge in [-0.15, -0.1) is 13.2 Å². The van der Waals surface area contributed by atoms with E-state index in [4.69, 9.17) is 0 Å².